The number of nitrogens with zero attached hydrogens (tertiary/aromatic N) is 2. The zero-order chi connectivity index (χ0) is 15.3. The van der Waals surface area contributed by atoms with Crippen LogP contribution in [-0.4, -0.2) is 67.4 Å². The number of nitrogens with one attached hydrogen (secondary N) is 1. The zero-order valence-corrected chi connectivity index (χ0v) is 13.1. The van der Waals surface area contributed by atoms with Gasteiger partial charge in [-0.3, -0.25) is 9.59 Å². The largest absolute Gasteiger partial charge is 0.346 e. The Bertz CT molecular complexity index is 344. The van der Waals surface area contributed by atoms with Gasteiger partial charge in [0.15, 0.2) is 0 Å². The SMILES string of the molecule is CC(C)[C@H](N)C(=O)NCC(=O)N1CCCC(N(C)C)C1. The molecular formula is C14H28N4O2. The molecule has 0 radical (unpaired) electrons. The fourth-order valence-corrected chi connectivity index (χ4v) is 2.30. The first-order chi connectivity index (χ1) is 9.32. The Kier molecular flexibility index (Phi) is 6.42. The van der Waals surface area contributed by atoms with Gasteiger partial charge in [-0.25, -0.2) is 0 Å². The lowest BCUT2D eigenvalue weighted by atomic mass is 10.0. The normalized spacial score (nSPS) is 21.1. The number of piperidine rings is 1. The van der Waals surface area contributed by atoms with Crippen molar-refractivity contribution in [2.45, 2.75) is 38.8 Å². The number of likely N-dealkylation sites (tertiary alicyclic amines) is 1. The maximum atomic E-state index is 12.1. The highest BCUT2D eigenvalue weighted by Gasteiger charge is 2.25. The molecule has 0 spiro atoms. The summed E-state index contributed by atoms with van der Waals surface area (Å²) in [6.07, 6.45) is 2.12. The number of amides is 2. The number of carbonyl (C=O) groups excluding carboxylic acids is 2. The molecule has 3 N–H and O–H groups in total. The summed E-state index contributed by atoms with van der Waals surface area (Å²) in [6.45, 7) is 5.32. The van der Waals surface area contributed by atoms with Crippen LogP contribution in [0.4, 0.5) is 0 Å². The van der Waals surface area contributed by atoms with E-state index in [2.05, 4.69) is 10.2 Å². The molecule has 0 aromatic carbocycles. The third-order valence-corrected chi connectivity index (χ3v) is 3.91. The summed E-state index contributed by atoms with van der Waals surface area (Å²) >= 11 is 0. The van der Waals surface area contributed by atoms with Gasteiger partial charge in [0.25, 0.3) is 0 Å². The molecule has 0 saturated carbocycles. The maximum absolute atomic E-state index is 12.1. The van der Waals surface area contributed by atoms with Gasteiger partial charge in [-0.1, -0.05) is 13.8 Å². The van der Waals surface area contributed by atoms with E-state index in [-0.39, 0.29) is 24.3 Å². The third-order valence-electron chi connectivity index (χ3n) is 3.91. The molecule has 1 aliphatic heterocycles. The van der Waals surface area contributed by atoms with Crippen LogP contribution >= 0.6 is 0 Å². The Morgan fingerprint density at radius 2 is 2.05 bits per heavy atom. The second kappa shape index (κ2) is 7.59. The Morgan fingerprint density at radius 3 is 2.60 bits per heavy atom. The van der Waals surface area contributed by atoms with Crippen molar-refractivity contribution in [1.29, 1.82) is 0 Å². The summed E-state index contributed by atoms with van der Waals surface area (Å²) in [5.41, 5.74) is 5.74. The Hall–Kier alpha value is -1.14. The molecule has 1 fully saturated rings. The molecule has 1 saturated heterocycles. The Balaban J connectivity index is 2.41. The second-order valence-electron chi connectivity index (χ2n) is 6.09. The lowest BCUT2D eigenvalue weighted by molar-refractivity contribution is -0.134. The molecule has 116 valence electrons. The van der Waals surface area contributed by atoms with Crippen molar-refractivity contribution in [2.75, 3.05) is 33.7 Å². The molecule has 1 heterocycles. The molecule has 1 unspecified atom stereocenters. The summed E-state index contributed by atoms with van der Waals surface area (Å²) in [6, 6.07) is -0.153. The molecule has 0 aromatic rings. The highest BCUT2D eigenvalue weighted by Crippen LogP contribution is 2.13. The van der Waals surface area contributed by atoms with E-state index in [0.717, 1.165) is 25.9 Å². The van der Waals surface area contributed by atoms with Gasteiger partial charge in [-0.05, 0) is 32.9 Å². The van der Waals surface area contributed by atoms with Crippen molar-refractivity contribution in [2.24, 2.45) is 11.7 Å². The van der Waals surface area contributed by atoms with Gasteiger partial charge in [-0.2, -0.15) is 0 Å². The van der Waals surface area contributed by atoms with Crippen LogP contribution in [-0.2, 0) is 9.59 Å². The van der Waals surface area contributed by atoms with Gasteiger partial charge < -0.3 is 20.9 Å². The molecule has 20 heavy (non-hydrogen) atoms. The van der Waals surface area contributed by atoms with Crippen molar-refractivity contribution < 1.29 is 9.59 Å². The Labute approximate surface area is 121 Å². The molecule has 2 atom stereocenters. The van der Waals surface area contributed by atoms with E-state index >= 15 is 0 Å². The van der Waals surface area contributed by atoms with Gasteiger partial charge in [0.05, 0.1) is 12.6 Å². The molecule has 0 aliphatic carbocycles. The van der Waals surface area contributed by atoms with Gasteiger partial charge in [-0.15, -0.1) is 0 Å². The molecule has 6 nitrogen and oxygen atoms in total. The van der Waals surface area contributed by atoms with Gasteiger partial charge in [0.1, 0.15) is 0 Å². The van der Waals surface area contributed by atoms with E-state index in [1.54, 1.807) is 0 Å². The van der Waals surface area contributed by atoms with E-state index in [9.17, 15) is 9.59 Å². The van der Waals surface area contributed by atoms with Crippen LogP contribution in [0.5, 0.6) is 0 Å². The number of likely N-dealkylation sites (N-methyl/N-ethyl adjacent to an activating group) is 1. The first-order valence-corrected chi connectivity index (χ1v) is 7.30. The fourth-order valence-electron chi connectivity index (χ4n) is 2.30. The third kappa shape index (κ3) is 4.76. The number of hydrogen-bond acceptors (Lipinski definition) is 4. The quantitative estimate of drug-likeness (QED) is 0.722. The van der Waals surface area contributed by atoms with Crippen LogP contribution in [0.1, 0.15) is 26.7 Å². The molecule has 6 heteroatoms. The molecule has 1 aliphatic rings. The Morgan fingerprint density at radius 1 is 1.40 bits per heavy atom. The van der Waals surface area contributed by atoms with Crippen molar-refractivity contribution in [3.63, 3.8) is 0 Å². The number of carbonyl (C=O) groups is 2. The molecule has 2 amide bonds. The van der Waals surface area contributed by atoms with E-state index in [1.165, 1.54) is 0 Å². The summed E-state index contributed by atoms with van der Waals surface area (Å²) < 4.78 is 0. The molecule has 1 rings (SSSR count). The highest BCUT2D eigenvalue weighted by molar-refractivity contribution is 5.87. The van der Waals surface area contributed by atoms with E-state index in [1.807, 2.05) is 32.8 Å². The average Bonchev–Trinajstić information content (AvgIpc) is 2.43. The van der Waals surface area contributed by atoms with Crippen LogP contribution in [0.3, 0.4) is 0 Å². The minimum atomic E-state index is -0.557. The minimum absolute atomic E-state index is 0.0270. The van der Waals surface area contributed by atoms with Crippen LogP contribution < -0.4 is 11.1 Å². The topological polar surface area (TPSA) is 78.7 Å². The predicted molar refractivity (Wildman–Crippen MR) is 79.1 cm³/mol. The second-order valence-corrected chi connectivity index (χ2v) is 6.09. The van der Waals surface area contributed by atoms with Crippen molar-refractivity contribution in [3.8, 4) is 0 Å². The standard InChI is InChI=1S/C14H28N4O2/c1-10(2)13(15)14(20)16-8-12(19)18-7-5-6-11(9-18)17(3)4/h10-11,13H,5-9,15H2,1-4H3,(H,16,20)/t11?,13-/m0/s1. The lowest BCUT2D eigenvalue weighted by Crippen LogP contribution is -2.52. The number of hydrogen-bond donors (Lipinski definition) is 2. The number of nitrogens with two attached hydrogens (primary N) is 1. The average molecular weight is 284 g/mol. The van der Waals surface area contributed by atoms with Crippen LogP contribution in [0.15, 0.2) is 0 Å². The van der Waals surface area contributed by atoms with Crippen LogP contribution in [0, 0.1) is 5.92 Å². The number of rotatable bonds is 5. The van der Waals surface area contributed by atoms with Crippen molar-refractivity contribution in [3.05, 3.63) is 0 Å². The lowest BCUT2D eigenvalue weighted by Gasteiger charge is -2.36. The van der Waals surface area contributed by atoms with Crippen molar-refractivity contribution in [1.82, 2.24) is 15.1 Å². The predicted octanol–water partition coefficient (Wildman–Crippen LogP) is -0.361. The highest BCUT2D eigenvalue weighted by atomic mass is 16.2. The first-order valence-electron chi connectivity index (χ1n) is 7.30. The molecule has 0 aromatic heterocycles. The van der Waals surface area contributed by atoms with Gasteiger partial charge in [0, 0.05) is 19.1 Å². The van der Waals surface area contributed by atoms with Crippen LogP contribution in [0.25, 0.3) is 0 Å². The summed E-state index contributed by atoms with van der Waals surface area (Å²) in [7, 11) is 4.06. The van der Waals surface area contributed by atoms with Gasteiger partial charge >= 0.3 is 0 Å². The van der Waals surface area contributed by atoms with E-state index in [0.29, 0.717) is 6.04 Å². The smallest absolute Gasteiger partial charge is 0.242 e. The fraction of sp³-hybridized carbons (Fsp3) is 0.857. The molecule has 0 bridgehead atoms. The summed E-state index contributed by atoms with van der Waals surface area (Å²) in [5.74, 6) is -0.214. The van der Waals surface area contributed by atoms with Gasteiger partial charge in [0.2, 0.25) is 11.8 Å². The monoisotopic (exact) mass is 284 g/mol. The van der Waals surface area contributed by atoms with Crippen molar-refractivity contribution >= 4 is 11.8 Å². The maximum Gasteiger partial charge on any atom is 0.242 e. The molecular weight excluding hydrogens is 256 g/mol. The minimum Gasteiger partial charge on any atom is -0.346 e. The van der Waals surface area contributed by atoms with E-state index in [4.69, 9.17) is 5.73 Å². The summed E-state index contributed by atoms with van der Waals surface area (Å²) in [4.78, 5) is 27.8. The summed E-state index contributed by atoms with van der Waals surface area (Å²) in [5, 5.41) is 2.64. The van der Waals surface area contributed by atoms with E-state index < -0.39 is 6.04 Å². The first kappa shape index (κ1) is 16.9. The van der Waals surface area contributed by atoms with Crippen LogP contribution in [0.2, 0.25) is 0 Å². The zero-order valence-electron chi connectivity index (χ0n) is 13.1.